The predicted octanol–water partition coefficient (Wildman–Crippen LogP) is 3.53. The molecule has 3 aromatic rings. The number of nitrogens with zero attached hydrogens (tertiary/aromatic N) is 2. The summed E-state index contributed by atoms with van der Waals surface area (Å²) < 4.78 is 0. The molecule has 1 heterocycles. The van der Waals surface area contributed by atoms with Crippen molar-refractivity contribution in [2.24, 2.45) is 0 Å². The van der Waals surface area contributed by atoms with Crippen LogP contribution in [0.2, 0.25) is 0 Å². The normalized spacial score (nSPS) is 10.7. The first-order chi connectivity index (χ1) is 9.65. The maximum Gasteiger partial charge on any atom is 0.159 e. The lowest BCUT2D eigenvalue weighted by atomic mass is 10.1. The molecule has 3 rings (SSSR count). The van der Waals surface area contributed by atoms with E-state index in [1.54, 1.807) is 13.3 Å². The Morgan fingerprint density at radius 1 is 1.10 bits per heavy atom. The van der Waals surface area contributed by atoms with Crippen molar-refractivity contribution in [1.82, 2.24) is 9.97 Å². The van der Waals surface area contributed by atoms with E-state index < -0.39 is 0 Å². The van der Waals surface area contributed by atoms with Gasteiger partial charge in [-0.1, -0.05) is 0 Å². The van der Waals surface area contributed by atoms with Crippen molar-refractivity contribution in [2.75, 3.05) is 11.9 Å². The zero-order valence-electron chi connectivity index (χ0n) is 11.4. The van der Waals surface area contributed by atoms with Crippen LogP contribution in [0.5, 0.6) is 0 Å². The molecule has 0 fully saturated rings. The molecule has 0 amide bonds. The van der Waals surface area contributed by atoms with Gasteiger partial charge in [0.05, 0.1) is 17.4 Å². The highest BCUT2D eigenvalue weighted by atomic mass is 16.1. The summed E-state index contributed by atoms with van der Waals surface area (Å²) in [6.45, 7) is 1.57. The average Bonchev–Trinajstić information content (AvgIpc) is 2.94. The van der Waals surface area contributed by atoms with Gasteiger partial charge < -0.3 is 9.88 Å². The Morgan fingerprint density at radius 3 is 2.50 bits per heavy atom. The van der Waals surface area contributed by atoms with Gasteiger partial charge in [-0.2, -0.15) is 0 Å². The van der Waals surface area contributed by atoms with Crippen molar-refractivity contribution in [3.63, 3.8) is 0 Å². The van der Waals surface area contributed by atoms with E-state index in [2.05, 4.69) is 20.9 Å². The number of aromatic amines is 1. The van der Waals surface area contributed by atoms with Gasteiger partial charge in [-0.15, -0.1) is 0 Å². The molecule has 0 aliphatic rings. The van der Waals surface area contributed by atoms with Crippen LogP contribution in [0.4, 0.5) is 11.4 Å². The van der Waals surface area contributed by atoms with Gasteiger partial charge in [-0.05, 0) is 49.4 Å². The minimum atomic E-state index is 0.0816. The highest BCUT2D eigenvalue weighted by Gasteiger charge is 2.07. The van der Waals surface area contributed by atoms with Crippen LogP contribution in [0.1, 0.15) is 17.3 Å². The number of Topliss-reactive ketones (excluding diaryl/α,β-unsaturated/α-hetero) is 1. The number of carbonyl (C=O) groups excluding carboxylic acids is 1. The van der Waals surface area contributed by atoms with E-state index in [1.165, 1.54) is 0 Å². The van der Waals surface area contributed by atoms with Crippen LogP contribution in [-0.4, -0.2) is 22.8 Å². The van der Waals surface area contributed by atoms with E-state index in [9.17, 15) is 4.79 Å². The fourth-order valence-electron chi connectivity index (χ4n) is 2.20. The number of hydrogen-bond acceptors (Lipinski definition) is 3. The highest BCUT2D eigenvalue weighted by molar-refractivity contribution is 5.94. The van der Waals surface area contributed by atoms with E-state index in [0.29, 0.717) is 0 Å². The number of ketones is 1. The van der Waals surface area contributed by atoms with Gasteiger partial charge in [0.2, 0.25) is 0 Å². The fraction of sp³-hybridized carbons (Fsp3) is 0.125. The Bertz CT molecular complexity index is 759. The molecular weight excluding hydrogens is 250 g/mol. The Hall–Kier alpha value is -2.62. The van der Waals surface area contributed by atoms with Gasteiger partial charge in [-0.3, -0.25) is 4.79 Å². The number of carbonyl (C=O) groups is 1. The van der Waals surface area contributed by atoms with Crippen LogP contribution in [0.15, 0.2) is 48.8 Å². The summed E-state index contributed by atoms with van der Waals surface area (Å²) in [5.41, 5.74) is 4.79. The summed E-state index contributed by atoms with van der Waals surface area (Å²) in [7, 11) is 2.00. The van der Waals surface area contributed by atoms with E-state index in [4.69, 9.17) is 0 Å². The standard InChI is InChI=1S/C16H15N3O/c1-11(20)12-3-5-13(6-4-12)19(2)14-7-8-15-16(9-14)18-10-17-15/h3-10H,1-2H3,(H,17,18). The molecule has 4 nitrogen and oxygen atoms in total. The van der Waals surface area contributed by atoms with Gasteiger partial charge in [0.25, 0.3) is 0 Å². The molecule has 100 valence electrons. The van der Waals surface area contributed by atoms with Gasteiger partial charge in [-0.25, -0.2) is 4.98 Å². The number of aromatic nitrogens is 2. The van der Waals surface area contributed by atoms with Crippen molar-refractivity contribution in [2.45, 2.75) is 6.92 Å². The van der Waals surface area contributed by atoms with Crippen LogP contribution in [0.25, 0.3) is 11.0 Å². The van der Waals surface area contributed by atoms with Gasteiger partial charge in [0, 0.05) is 24.0 Å². The first-order valence-electron chi connectivity index (χ1n) is 6.43. The molecule has 1 aromatic heterocycles. The highest BCUT2D eigenvalue weighted by Crippen LogP contribution is 2.26. The molecule has 4 heteroatoms. The van der Waals surface area contributed by atoms with E-state index in [0.717, 1.165) is 28.0 Å². The maximum absolute atomic E-state index is 11.3. The number of hydrogen-bond donors (Lipinski definition) is 1. The summed E-state index contributed by atoms with van der Waals surface area (Å²) in [6, 6.07) is 13.7. The van der Waals surface area contributed by atoms with Crippen molar-refractivity contribution in [3.8, 4) is 0 Å². The third-order valence-electron chi connectivity index (χ3n) is 3.45. The zero-order valence-corrected chi connectivity index (χ0v) is 11.4. The summed E-state index contributed by atoms with van der Waals surface area (Å²) >= 11 is 0. The zero-order chi connectivity index (χ0) is 14.1. The van der Waals surface area contributed by atoms with E-state index in [-0.39, 0.29) is 5.78 Å². The van der Waals surface area contributed by atoms with Gasteiger partial charge >= 0.3 is 0 Å². The van der Waals surface area contributed by atoms with Crippen LogP contribution in [-0.2, 0) is 0 Å². The summed E-state index contributed by atoms with van der Waals surface area (Å²) in [6.07, 6.45) is 1.69. The second-order valence-electron chi connectivity index (χ2n) is 4.77. The first kappa shape index (κ1) is 12.4. The summed E-state index contributed by atoms with van der Waals surface area (Å²) in [5.74, 6) is 0.0816. The number of H-pyrrole nitrogens is 1. The van der Waals surface area contributed by atoms with Crippen molar-refractivity contribution >= 4 is 28.2 Å². The maximum atomic E-state index is 11.3. The topological polar surface area (TPSA) is 49.0 Å². The number of benzene rings is 2. The minimum absolute atomic E-state index is 0.0816. The smallest absolute Gasteiger partial charge is 0.159 e. The SMILES string of the molecule is CC(=O)c1ccc(N(C)c2ccc3nc[nH]c3c2)cc1. The molecular formula is C16H15N3O. The van der Waals surface area contributed by atoms with Crippen LogP contribution in [0.3, 0.4) is 0 Å². The lowest BCUT2D eigenvalue weighted by molar-refractivity contribution is 0.101. The second kappa shape index (κ2) is 4.81. The molecule has 20 heavy (non-hydrogen) atoms. The lowest BCUT2D eigenvalue weighted by Crippen LogP contribution is -2.09. The number of fused-ring (bicyclic) bond motifs is 1. The van der Waals surface area contributed by atoms with Crippen molar-refractivity contribution in [3.05, 3.63) is 54.4 Å². The third-order valence-corrected chi connectivity index (χ3v) is 3.45. The number of anilines is 2. The number of nitrogens with one attached hydrogen (secondary N) is 1. The Morgan fingerprint density at radius 2 is 1.80 bits per heavy atom. The quantitative estimate of drug-likeness (QED) is 0.737. The largest absolute Gasteiger partial charge is 0.345 e. The van der Waals surface area contributed by atoms with Gasteiger partial charge in [0.1, 0.15) is 0 Å². The molecule has 0 unspecified atom stereocenters. The molecule has 0 spiro atoms. The van der Waals surface area contributed by atoms with Crippen LogP contribution < -0.4 is 4.90 Å². The molecule has 1 N–H and O–H groups in total. The van der Waals surface area contributed by atoms with Crippen molar-refractivity contribution in [1.29, 1.82) is 0 Å². The average molecular weight is 265 g/mol. The second-order valence-corrected chi connectivity index (χ2v) is 4.77. The minimum Gasteiger partial charge on any atom is -0.345 e. The molecule has 2 aromatic carbocycles. The Kier molecular flexibility index (Phi) is 2.99. The monoisotopic (exact) mass is 265 g/mol. The lowest BCUT2D eigenvalue weighted by Gasteiger charge is -2.19. The first-order valence-corrected chi connectivity index (χ1v) is 6.43. The third kappa shape index (κ3) is 2.16. The predicted molar refractivity (Wildman–Crippen MR) is 80.6 cm³/mol. The molecule has 0 aliphatic heterocycles. The Labute approximate surface area is 117 Å². The molecule has 0 saturated heterocycles. The molecule has 0 radical (unpaired) electrons. The van der Waals surface area contributed by atoms with E-state index in [1.807, 2.05) is 43.4 Å². The number of rotatable bonds is 3. The van der Waals surface area contributed by atoms with Crippen molar-refractivity contribution < 1.29 is 4.79 Å². The van der Waals surface area contributed by atoms with E-state index >= 15 is 0 Å². The number of imidazole rings is 1. The molecule has 0 saturated carbocycles. The Balaban J connectivity index is 1.94. The summed E-state index contributed by atoms with van der Waals surface area (Å²) in [4.78, 5) is 20.7. The van der Waals surface area contributed by atoms with Crippen LogP contribution >= 0.6 is 0 Å². The van der Waals surface area contributed by atoms with Gasteiger partial charge in [0.15, 0.2) is 5.78 Å². The fourth-order valence-corrected chi connectivity index (χ4v) is 2.20. The molecule has 0 aliphatic carbocycles. The molecule has 0 atom stereocenters. The van der Waals surface area contributed by atoms with Crippen LogP contribution in [0, 0.1) is 0 Å². The summed E-state index contributed by atoms with van der Waals surface area (Å²) in [5, 5.41) is 0. The molecule has 0 bridgehead atoms.